The molecule has 0 unspecified atom stereocenters. The largest absolute Gasteiger partial charge is 0.494 e. The predicted octanol–water partition coefficient (Wildman–Crippen LogP) is 2.25. The predicted molar refractivity (Wildman–Crippen MR) is 60.6 cm³/mol. The highest BCUT2D eigenvalue weighted by Crippen LogP contribution is 2.23. The molecular formula is C13H12O3. The average Bonchev–Trinajstić information content (AvgIpc) is 2.31. The lowest BCUT2D eigenvalue weighted by molar-refractivity contribution is -0.110. The molecule has 3 heteroatoms. The molecule has 16 heavy (non-hydrogen) atoms. The van der Waals surface area contributed by atoms with Crippen LogP contribution in [0.4, 0.5) is 0 Å². The minimum Gasteiger partial charge on any atom is -0.494 e. The van der Waals surface area contributed by atoms with Gasteiger partial charge < -0.3 is 4.74 Å². The Hall–Kier alpha value is -1.90. The molecule has 0 aromatic heterocycles. The van der Waals surface area contributed by atoms with Crippen molar-refractivity contribution in [3.05, 3.63) is 35.4 Å². The standard InChI is InChI=1S/C13H12O3/c1-2-7-16-10-4-5-11-9(8-10)3-6-12(14)13(11)15/h3-6,8H,2,7H2,1H3. The summed E-state index contributed by atoms with van der Waals surface area (Å²) in [7, 11) is 0. The van der Waals surface area contributed by atoms with Crippen molar-refractivity contribution in [2.45, 2.75) is 13.3 Å². The number of hydrogen-bond acceptors (Lipinski definition) is 3. The van der Waals surface area contributed by atoms with Gasteiger partial charge in [-0.25, -0.2) is 0 Å². The van der Waals surface area contributed by atoms with Gasteiger partial charge in [-0.05, 0) is 36.3 Å². The maximum Gasteiger partial charge on any atom is 0.233 e. The third-order valence-electron chi connectivity index (χ3n) is 2.38. The Bertz CT molecular complexity index is 472. The minimum atomic E-state index is -0.463. The van der Waals surface area contributed by atoms with Gasteiger partial charge >= 0.3 is 0 Å². The molecule has 0 aliphatic heterocycles. The van der Waals surface area contributed by atoms with E-state index in [2.05, 4.69) is 0 Å². The third kappa shape index (κ3) is 1.89. The highest BCUT2D eigenvalue weighted by atomic mass is 16.5. The molecule has 0 saturated heterocycles. The van der Waals surface area contributed by atoms with Gasteiger partial charge in [0.15, 0.2) is 0 Å². The van der Waals surface area contributed by atoms with Crippen molar-refractivity contribution in [1.82, 2.24) is 0 Å². The van der Waals surface area contributed by atoms with Gasteiger partial charge in [0.1, 0.15) is 5.75 Å². The fourth-order valence-corrected chi connectivity index (χ4v) is 1.57. The molecule has 1 aromatic rings. The first-order valence-corrected chi connectivity index (χ1v) is 5.26. The van der Waals surface area contributed by atoms with E-state index in [4.69, 9.17) is 4.74 Å². The summed E-state index contributed by atoms with van der Waals surface area (Å²) in [6, 6.07) is 5.15. The maximum atomic E-state index is 11.5. The Labute approximate surface area is 93.7 Å². The number of carbonyl (C=O) groups is 2. The quantitative estimate of drug-likeness (QED) is 0.728. The van der Waals surface area contributed by atoms with Crippen LogP contribution in [0.15, 0.2) is 24.3 Å². The second kappa shape index (κ2) is 4.31. The van der Waals surface area contributed by atoms with E-state index in [0.717, 1.165) is 17.7 Å². The number of benzene rings is 1. The number of hydrogen-bond donors (Lipinski definition) is 0. The fourth-order valence-electron chi connectivity index (χ4n) is 1.57. The SMILES string of the molecule is CCCOc1ccc2c(c1)C=CC(=O)C2=O. The number of rotatable bonds is 3. The smallest absolute Gasteiger partial charge is 0.233 e. The van der Waals surface area contributed by atoms with Gasteiger partial charge in [-0.15, -0.1) is 0 Å². The summed E-state index contributed by atoms with van der Waals surface area (Å²) in [6.45, 7) is 2.68. The zero-order chi connectivity index (χ0) is 11.5. The van der Waals surface area contributed by atoms with Gasteiger partial charge in [-0.1, -0.05) is 13.0 Å². The van der Waals surface area contributed by atoms with Crippen LogP contribution in [0.25, 0.3) is 6.08 Å². The van der Waals surface area contributed by atoms with E-state index in [-0.39, 0.29) is 0 Å². The van der Waals surface area contributed by atoms with E-state index >= 15 is 0 Å². The molecule has 2 rings (SSSR count). The van der Waals surface area contributed by atoms with Crippen molar-refractivity contribution >= 4 is 17.6 Å². The zero-order valence-electron chi connectivity index (χ0n) is 9.03. The summed E-state index contributed by atoms with van der Waals surface area (Å²) in [5, 5.41) is 0. The Balaban J connectivity index is 2.32. The van der Waals surface area contributed by atoms with E-state index in [1.54, 1.807) is 24.3 Å². The van der Waals surface area contributed by atoms with Crippen LogP contribution >= 0.6 is 0 Å². The summed E-state index contributed by atoms with van der Waals surface area (Å²) in [4.78, 5) is 22.6. The molecule has 0 amide bonds. The number of ether oxygens (including phenoxy) is 1. The number of ketones is 2. The molecule has 1 aliphatic rings. The molecule has 0 heterocycles. The van der Waals surface area contributed by atoms with Crippen molar-refractivity contribution in [2.75, 3.05) is 6.61 Å². The first-order chi connectivity index (χ1) is 7.72. The monoisotopic (exact) mass is 216 g/mol. The number of carbonyl (C=O) groups excluding carboxylic acids is 2. The summed E-state index contributed by atoms with van der Waals surface area (Å²) in [5.41, 5.74) is 1.20. The molecule has 3 nitrogen and oxygen atoms in total. The van der Waals surface area contributed by atoms with Crippen LogP contribution in [0.3, 0.4) is 0 Å². The fraction of sp³-hybridized carbons (Fsp3) is 0.231. The second-order valence-electron chi connectivity index (χ2n) is 3.62. The highest BCUT2D eigenvalue weighted by molar-refractivity contribution is 6.49. The van der Waals surface area contributed by atoms with E-state index in [0.29, 0.717) is 12.2 Å². The number of allylic oxidation sites excluding steroid dienone is 1. The summed E-state index contributed by atoms with van der Waals surface area (Å²) >= 11 is 0. The van der Waals surface area contributed by atoms with Crippen molar-refractivity contribution < 1.29 is 14.3 Å². The molecule has 0 radical (unpaired) electrons. The highest BCUT2D eigenvalue weighted by Gasteiger charge is 2.20. The van der Waals surface area contributed by atoms with Crippen LogP contribution in [0.2, 0.25) is 0 Å². The molecule has 0 saturated carbocycles. The van der Waals surface area contributed by atoms with E-state index in [1.807, 2.05) is 6.92 Å². The van der Waals surface area contributed by atoms with Gasteiger partial charge in [0.25, 0.3) is 0 Å². The second-order valence-corrected chi connectivity index (χ2v) is 3.62. The first kappa shape index (κ1) is 10.6. The van der Waals surface area contributed by atoms with Crippen LogP contribution in [0, 0.1) is 0 Å². The van der Waals surface area contributed by atoms with Gasteiger partial charge in [0.05, 0.1) is 6.61 Å². The van der Waals surface area contributed by atoms with Crippen LogP contribution in [0.5, 0.6) is 5.75 Å². The van der Waals surface area contributed by atoms with Gasteiger partial charge in [-0.2, -0.15) is 0 Å². The maximum absolute atomic E-state index is 11.5. The summed E-state index contributed by atoms with van der Waals surface area (Å²) < 4.78 is 5.45. The lowest BCUT2D eigenvalue weighted by atomic mass is 9.95. The Morgan fingerprint density at radius 3 is 2.75 bits per heavy atom. The van der Waals surface area contributed by atoms with E-state index in [1.165, 1.54) is 6.08 Å². The van der Waals surface area contributed by atoms with Crippen molar-refractivity contribution in [2.24, 2.45) is 0 Å². The molecule has 1 aromatic carbocycles. The van der Waals surface area contributed by atoms with E-state index in [9.17, 15) is 9.59 Å². The van der Waals surface area contributed by atoms with Crippen LogP contribution in [0.1, 0.15) is 29.3 Å². The normalized spacial score (nSPS) is 13.8. The van der Waals surface area contributed by atoms with Crippen molar-refractivity contribution in [3.8, 4) is 5.75 Å². The van der Waals surface area contributed by atoms with Gasteiger partial charge in [0, 0.05) is 5.56 Å². The lowest BCUT2D eigenvalue weighted by Crippen LogP contribution is -2.16. The van der Waals surface area contributed by atoms with Crippen LogP contribution in [-0.4, -0.2) is 18.2 Å². The molecule has 0 bridgehead atoms. The third-order valence-corrected chi connectivity index (χ3v) is 2.38. The molecular weight excluding hydrogens is 204 g/mol. The van der Waals surface area contributed by atoms with E-state index < -0.39 is 11.6 Å². The number of fused-ring (bicyclic) bond motifs is 1. The van der Waals surface area contributed by atoms with Gasteiger partial charge in [0.2, 0.25) is 11.6 Å². The van der Waals surface area contributed by atoms with Crippen LogP contribution < -0.4 is 4.74 Å². The average molecular weight is 216 g/mol. The Morgan fingerprint density at radius 2 is 2.00 bits per heavy atom. The molecule has 0 spiro atoms. The molecule has 0 fully saturated rings. The Kier molecular flexibility index (Phi) is 2.86. The summed E-state index contributed by atoms with van der Waals surface area (Å²) in [6.07, 6.45) is 3.89. The summed E-state index contributed by atoms with van der Waals surface area (Å²) in [5.74, 6) is -0.179. The molecule has 1 aliphatic carbocycles. The lowest BCUT2D eigenvalue weighted by Gasteiger charge is -2.11. The topological polar surface area (TPSA) is 43.4 Å². The Morgan fingerprint density at radius 1 is 1.19 bits per heavy atom. The molecule has 0 N–H and O–H groups in total. The zero-order valence-corrected chi connectivity index (χ0v) is 9.03. The molecule has 0 atom stereocenters. The first-order valence-electron chi connectivity index (χ1n) is 5.26. The minimum absolute atomic E-state index is 0.445. The van der Waals surface area contributed by atoms with Crippen LogP contribution in [-0.2, 0) is 4.79 Å². The van der Waals surface area contributed by atoms with Gasteiger partial charge in [-0.3, -0.25) is 9.59 Å². The molecule has 82 valence electrons. The van der Waals surface area contributed by atoms with Crippen molar-refractivity contribution in [1.29, 1.82) is 0 Å². The van der Waals surface area contributed by atoms with Crippen molar-refractivity contribution in [3.63, 3.8) is 0 Å². The number of Topliss-reactive ketones (excluding diaryl/α,β-unsaturated/α-hetero) is 1.